The fraction of sp³-hybridized carbons (Fsp3) is 0.200. The molecule has 0 atom stereocenters. The molecule has 0 spiro atoms. The molecule has 0 aliphatic heterocycles. The largest absolute Gasteiger partial charge is 0.573 e. The van der Waals surface area contributed by atoms with Crippen LogP contribution in [0.15, 0.2) is 53.6 Å². The van der Waals surface area contributed by atoms with E-state index in [9.17, 15) is 26.4 Å². The number of carbonyl (C=O) groups excluding carboxylic acids is 1. The monoisotopic (exact) mass is 484 g/mol. The van der Waals surface area contributed by atoms with E-state index in [0.29, 0.717) is 0 Å². The minimum atomic E-state index is -4.93. The Kier molecular flexibility index (Phi) is 6.53. The van der Waals surface area contributed by atoms with Gasteiger partial charge in [0.2, 0.25) is 0 Å². The molecular weight excluding hydrogens is 465 g/mol. The van der Waals surface area contributed by atoms with Gasteiger partial charge in [0, 0.05) is 31.1 Å². The van der Waals surface area contributed by atoms with E-state index in [-0.39, 0.29) is 33.3 Å². The number of nitrogens with zero attached hydrogens (tertiary/aromatic N) is 2. The Hall–Kier alpha value is -3.74. The minimum absolute atomic E-state index is 0.0933. The van der Waals surface area contributed by atoms with E-state index in [2.05, 4.69) is 19.9 Å². The summed E-state index contributed by atoms with van der Waals surface area (Å²) >= 11 is 0. The molecule has 1 amide bonds. The van der Waals surface area contributed by atoms with Crippen LogP contribution in [0.2, 0.25) is 0 Å². The molecule has 2 N–H and O–H groups in total. The molecule has 1 heterocycles. The highest BCUT2D eigenvalue weighted by Crippen LogP contribution is 2.32. The number of alkyl halides is 3. The average molecular weight is 484 g/mol. The molecule has 2 aromatic carbocycles. The maximum atomic E-state index is 12.9. The van der Waals surface area contributed by atoms with E-state index in [0.717, 1.165) is 6.07 Å². The highest BCUT2D eigenvalue weighted by atomic mass is 32.2. The van der Waals surface area contributed by atoms with Gasteiger partial charge in [-0.3, -0.25) is 14.2 Å². The van der Waals surface area contributed by atoms with Gasteiger partial charge in [-0.25, -0.2) is 8.42 Å². The number of amides is 1. The summed E-state index contributed by atoms with van der Waals surface area (Å²) in [4.78, 5) is 12.1. The van der Waals surface area contributed by atoms with Crippen LogP contribution >= 0.6 is 0 Å². The summed E-state index contributed by atoms with van der Waals surface area (Å²) in [6.07, 6.45) is -3.48. The van der Waals surface area contributed by atoms with Crippen molar-refractivity contribution >= 4 is 27.3 Å². The highest BCUT2D eigenvalue weighted by Gasteiger charge is 2.32. The molecule has 33 heavy (non-hydrogen) atoms. The number of benzene rings is 2. The van der Waals surface area contributed by atoms with Crippen molar-refractivity contribution in [3.63, 3.8) is 0 Å². The van der Waals surface area contributed by atoms with Crippen LogP contribution in [0.3, 0.4) is 0 Å². The zero-order valence-corrected chi connectivity index (χ0v) is 18.4. The normalized spacial score (nSPS) is 11.7. The van der Waals surface area contributed by atoms with Gasteiger partial charge in [0.15, 0.2) is 0 Å². The standard InChI is InChI=1S/C20H19F3N4O5S/c1-12-4-5-14(11-16(12)32-20(21,22)23)26-33(29,30)18-7-6-13(10-17(18)31-3)25-19(28)15-8-9-24-27(15)2/h4-11,26H,1-3H3,(H,25,28). The fourth-order valence-corrected chi connectivity index (χ4v) is 4.07. The van der Waals surface area contributed by atoms with Crippen LogP contribution in [0, 0.1) is 6.92 Å². The predicted octanol–water partition coefficient (Wildman–Crippen LogP) is 3.69. The first-order chi connectivity index (χ1) is 15.4. The Balaban J connectivity index is 1.85. The quantitative estimate of drug-likeness (QED) is 0.529. The number of sulfonamides is 1. The van der Waals surface area contributed by atoms with Crippen LogP contribution in [-0.4, -0.2) is 37.6 Å². The molecule has 0 fully saturated rings. The molecule has 9 nitrogen and oxygen atoms in total. The lowest BCUT2D eigenvalue weighted by Gasteiger charge is -2.15. The summed E-state index contributed by atoms with van der Waals surface area (Å²) in [5, 5.41) is 6.51. The molecule has 0 unspecified atom stereocenters. The number of halogens is 3. The number of methoxy groups -OCH3 is 1. The summed E-state index contributed by atoms with van der Waals surface area (Å²) in [5.74, 6) is -1.10. The summed E-state index contributed by atoms with van der Waals surface area (Å²) in [6, 6.07) is 8.86. The Bertz CT molecular complexity index is 1290. The molecular formula is C20H19F3N4O5S. The molecule has 0 saturated heterocycles. The summed E-state index contributed by atoms with van der Waals surface area (Å²) in [6.45, 7) is 1.39. The number of aryl methyl sites for hydroxylation is 2. The Morgan fingerprint density at radius 2 is 1.73 bits per heavy atom. The zero-order valence-electron chi connectivity index (χ0n) is 17.6. The lowest BCUT2D eigenvalue weighted by atomic mass is 10.2. The van der Waals surface area contributed by atoms with Crippen molar-refractivity contribution in [1.82, 2.24) is 9.78 Å². The summed E-state index contributed by atoms with van der Waals surface area (Å²) in [5.41, 5.74) is 0.564. The van der Waals surface area contributed by atoms with Crippen molar-refractivity contribution < 1.29 is 35.9 Å². The second kappa shape index (κ2) is 9.02. The molecule has 0 aliphatic rings. The lowest BCUT2D eigenvalue weighted by molar-refractivity contribution is -0.274. The Morgan fingerprint density at radius 1 is 1.06 bits per heavy atom. The van der Waals surface area contributed by atoms with E-state index < -0.39 is 28.0 Å². The molecule has 3 rings (SSSR count). The minimum Gasteiger partial charge on any atom is -0.495 e. The van der Waals surface area contributed by atoms with Gasteiger partial charge in [-0.1, -0.05) is 6.07 Å². The second-order valence-electron chi connectivity index (χ2n) is 6.79. The molecule has 0 saturated carbocycles. The SMILES string of the molecule is COc1cc(NC(=O)c2ccnn2C)ccc1S(=O)(=O)Nc1ccc(C)c(OC(F)(F)F)c1. The van der Waals surface area contributed by atoms with Crippen molar-refractivity contribution in [3.8, 4) is 11.5 Å². The number of nitrogens with one attached hydrogen (secondary N) is 2. The van der Waals surface area contributed by atoms with E-state index >= 15 is 0 Å². The van der Waals surface area contributed by atoms with E-state index in [1.807, 2.05) is 0 Å². The van der Waals surface area contributed by atoms with E-state index in [4.69, 9.17) is 4.74 Å². The van der Waals surface area contributed by atoms with Crippen LogP contribution in [0.5, 0.6) is 11.5 Å². The van der Waals surface area contributed by atoms with Gasteiger partial charge < -0.3 is 14.8 Å². The Morgan fingerprint density at radius 3 is 2.33 bits per heavy atom. The number of hydrogen-bond acceptors (Lipinski definition) is 6. The topological polar surface area (TPSA) is 112 Å². The second-order valence-corrected chi connectivity index (χ2v) is 8.44. The molecule has 13 heteroatoms. The van der Waals surface area contributed by atoms with Crippen molar-refractivity contribution in [2.24, 2.45) is 7.05 Å². The third-order valence-corrected chi connectivity index (χ3v) is 5.85. The first-order valence-corrected chi connectivity index (χ1v) is 10.7. The lowest BCUT2D eigenvalue weighted by Crippen LogP contribution is -2.19. The smallest absolute Gasteiger partial charge is 0.495 e. The molecule has 0 radical (unpaired) electrons. The van der Waals surface area contributed by atoms with Gasteiger partial charge in [-0.15, -0.1) is 13.2 Å². The third kappa shape index (κ3) is 5.74. The maximum Gasteiger partial charge on any atom is 0.573 e. The van der Waals surface area contributed by atoms with Gasteiger partial charge in [-0.05, 0) is 36.8 Å². The number of aromatic nitrogens is 2. The van der Waals surface area contributed by atoms with Crippen LogP contribution in [0.1, 0.15) is 16.1 Å². The molecule has 0 bridgehead atoms. The molecule has 3 aromatic rings. The van der Waals surface area contributed by atoms with E-state index in [1.54, 1.807) is 7.05 Å². The molecule has 176 valence electrons. The molecule has 0 aliphatic carbocycles. The van der Waals surface area contributed by atoms with Gasteiger partial charge in [0.25, 0.3) is 15.9 Å². The number of carbonyl (C=O) groups is 1. The van der Waals surface area contributed by atoms with Gasteiger partial charge in [-0.2, -0.15) is 5.10 Å². The van der Waals surface area contributed by atoms with Gasteiger partial charge in [0.05, 0.1) is 12.8 Å². The van der Waals surface area contributed by atoms with Gasteiger partial charge in [0.1, 0.15) is 22.1 Å². The number of hydrogen-bond donors (Lipinski definition) is 2. The predicted molar refractivity (Wildman–Crippen MR) is 113 cm³/mol. The average Bonchev–Trinajstić information content (AvgIpc) is 3.15. The molecule has 1 aromatic heterocycles. The number of rotatable bonds is 7. The van der Waals surface area contributed by atoms with Crippen LogP contribution in [0.25, 0.3) is 0 Å². The van der Waals surface area contributed by atoms with Crippen molar-refractivity contribution in [2.75, 3.05) is 17.1 Å². The zero-order chi connectivity index (χ0) is 24.4. The van der Waals surface area contributed by atoms with E-state index in [1.165, 1.54) is 61.3 Å². The first-order valence-electron chi connectivity index (χ1n) is 9.26. The van der Waals surface area contributed by atoms with Crippen molar-refractivity contribution in [1.29, 1.82) is 0 Å². The van der Waals surface area contributed by atoms with Crippen LogP contribution in [-0.2, 0) is 17.1 Å². The van der Waals surface area contributed by atoms with Gasteiger partial charge >= 0.3 is 6.36 Å². The number of ether oxygens (including phenoxy) is 2. The van der Waals surface area contributed by atoms with Crippen molar-refractivity contribution in [3.05, 3.63) is 59.9 Å². The highest BCUT2D eigenvalue weighted by molar-refractivity contribution is 7.92. The van der Waals surface area contributed by atoms with Crippen LogP contribution < -0.4 is 19.5 Å². The maximum absolute atomic E-state index is 12.9. The third-order valence-electron chi connectivity index (χ3n) is 4.43. The van der Waals surface area contributed by atoms with Crippen molar-refractivity contribution in [2.45, 2.75) is 18.2 Å². The van der Waals surface area contributed by atoms with Crippen LogP contribution in [0.4, 0.5) is 24.5 Å². The fourth-order valence-electron chi connectivity index (χ4n) is 2.87. The summed E-state index contributed by atoms with van der Waals surface area (Å²) < 4.78 is 76.1. The first kappa shape index (κ1) is 23.9. The summed E-state index contributed by atoms with van der Waals surface area (Å²) in [7, 11) is -1.43. The Labute approximate surface area is 187 Å². The number of anilines is 2.